The Kier molecular flexibility index (Phi) is 16.8. The van der Waals surface area contributed by atoms with Gasteiger partial charge < -0.3 is 43.7 Å². The molecule has 62 heavy (non-hydrogen) atoms. The Morgan fingerprint density at radius 2 is 1.35 bits per heavy atom. The molecule has 0 aliphatic heterocycles. The maximum absolute atomic E-state index is 14.3. The molecule has 0 spiro atoms. The van der Waals surface area contributed by atoms with Gasteiger partial charge in [-0.1, -0.05) is 102 Å². The number of ether oxygens (including phenoxy) is 4. The molecule has 4 rings (SSSR count). The number of aryl methyl sites for hydroxylation is 1. The summed E-state index contributed by atoms with van der Waals surface area (Å²) in [6, 6.07) is 18.6. The quantitative estimate of drug-likeness (QED) is 0.0590. The van der Waals surface area contributed by atoms with Gasteiger partial charge in [-0.2, -0.15) is 0 Å². The fraction of sp³-hybridized carbons (Fsp3) is 0.432. The average Bonchev–Trinajstić information content (AvgIpc) is 3.56. The highest BCUT2D eigenvalue weighted by molar-refractivity contribution is 5.86. The van der Waals surface area contributed by atoms with E-state index in [1.54, 1.807) is 59.9 Å². The van der Waals surface area contributed by atoms with Crippen LogP contribution in [0.1, 0.15) is 64.2 Å². The van der Waals surface area contributed by atoms with Gasteiger partial charge in [-0.15, -0.1) is 0 Å². The predicted molar refractivity (Wildman–Crippen MR) is 225 cm³/mol. The van der Waals surface area contributed by atoms with E-state index < -0.39 is 77.6 Å². The minimum atomic E-state index is -1.29. The number of hydrogen-bond donors (Lipinski definition) is 4. The molecule has 0 fully saturated rings. The van der Waals surface area contributed by atoms with Gasteiger partial charge in [-0.3, -0.25) is 15.2 Å². The monoisotopic (exact) mass is 860 g/mol. The lowest BCUT2D eigenvalue weighted by molar-refractivity contribution is -0.158. The molecule has 2 aromatic carbocycles. The first-order chi connectivity index (χ1) is 29.3. The standard InChI is InChI=1S/C44H56N6O12/c1-27-34(62-42(56)60-27)26-59-41(55)46-32(23-28-15-11-10-12-16-28)33(61-38(52)36(44(5,6)7)48-40(54)58-9)25-50(49-37(51)35(43(2,3)4)47-39(53)57-8)24-29-18-20-30(21-19-29)31-17-13-14-22-45-31/h10-22,32-33,35-36H,23-26H2,1-9H3,(H,46,55)(H,47,53)(H,48,54)(H,49,51)/t32-,33-,35+,36+/m0/s1. The zero-order valence-electron chi connectivity index (χ0n) is 36.4. The van der Waals surface area contributed by atoms with Gasteiger partial charge >= 0.3 is 30.1 Å². The van der Waals surface area contributed by atoms with E-state index in [0.717, 1.165) is 23.9 Å². The maximum Gasteiger partial charge on any atom is 0.519 e. The molecule has 0 unspecified atom stereocenters. The molecule has 4 aromatic rings. The van der Waals surface area contributed by atoms with Crippen molar-refractivity contribution in [1.82, 2.24) is 31.4 Å². The smallest absolute Gasteiger partial charge is 0.457 e. The van der Waals surface area contributed by atoms with E-state index >= 15 is 0 Å². The van der Waals surface area contributed by atoms with Crippen molar-refractivity contribution in [3.8, 4) is 11.3 Å². The van der Waals surface area contributed by atoms with Gasteiger partial charge in [0.2, 0.25) is 0 Å². The summed E-state index contributed by atoms with van der Waals surface area (Å²) in [7, 11) is 2.35. The number of benzene rings is 2. The minimum Gasteiger partial charge on any atom is -0.457 e. The van der Waals surface area contributed by atoms with Crippen molar-refractivity contribution < 1.29 is 51.8 Å². The molecule has 0 aliphatic rings. The molecule has 0 aliphatic carbocycles. The van der Waals surface area contributed by atoms with Crippen molar-refractivity contribution >= 4 is 30.2 Å². The van der Waals surface area contributed by atoms with Crippen LogP contribution in [0.4, 0.5) is 14.4 Å². The Hall–Kier alpha value is -6.69. The van der Waals surface area contributed by atoms with Crippen LogP contribution in [0, 0.1) is 17.8 Å². The second kappa shape index (κ2) is 21.7. The van der Waals surface area contributed by atoms with E-state index in [4.69, 9.17) is 27.8 Å². The van der Waals surface area contributed by atoms with Gasteiger partial charge in [0, 0.05) is 18.3 Å². The lowest BCUT2D eigenvalue weighted by Gasteiger charge is -2.37. The van der Waals surface area contributed by atoms with Gasteiger partial charge in [0.1, 0.15) is 18.2 Å². The van der Waals surface area contributed by atoms with Crippen LogP contribution in [0.2, 0.25) is 0 Å². The van der Waals surface area contributed by atoms with Crippen LogP contribution < -0.4 is 27.2 Å². The van der Waals surface area contributed by atoms with Crippen molar-refractivity contribution in [3.05, 3.63) is 112 Å². The zero-order chi connectivity index (χ0) is 45.6. The first kappa shape index (κ1) is 48.0. The van der Waals surface area contributed by atoms with E-state index in [1.165, 1.54) is 19.0 Å². The van der Waals surface area contributed by atoms with Crippen LogP contribution in [0.25, 0.3) is 11.3 Å². The SMILES string of the molecule is COC(=O)N[C@H](C(=O)NN(Cc1ccc(-c2ccccn2)cc1)C[C@H](OC(=O)[C@@H](NC(=O)OC)C(C)(C)C)[C@H](Cc1ccccc1)NC(=O)OCc1oc(=O)oc1C)C(C)(C)C. The van der Waals surface area contributed by atoms with Crippen molar-refractivity contribution in [2.24, 2.45) is 10.8 Å². The Balaban J connectivity index is 1.80. The summed E-state index contributed by atoms with van der Waals surface area (Å²) < 4.78 is 31.3. The fourth-order valence-electron chi connectivity index (χ4n) is 6.22. The zero-order valence-corrected chi connectivity index (χ0v) is 36.4. The molecule has 2 heterocycles. The molecular weight excluding hydrogens is 805 g/mol. The number of aromatic nitrogens is 1. The minimum absolute atomic E-state index is 0.00782. The molecule has 334 valence electrons. The molecule has 18 nitrogen and oxygen atoms in total. The van der Waals surface area contributed by atoms with Crippen LogP contribution in [0.5, 0.6) is 0 Å². The van der Waals surface area contributed by atoms with Gasteiger partial charge in [0.05, 0.1) is 32.5 Å². The summed E-state index contributed by atoms with van der Waals surface area (Å²) in [5, 5.41) is 9.47. The fourth-order valence-corrected chi connectivity index (χ4v) is 6.22. The summed E-state index contributed by atoms with van der Waals surface area (Å²) in [5.74, 6) is -2.35. The topological polar surface area (TPSA) is 230 Å². The molecule has 0 bridgehead atoms. The summed E-state index contributed by atoms with van der Waals surface area (Å²) >= 11 is 0. The number of pyridine rings is 1. The number of carbonyl (C=O) groups excluding carboxylic acids is 5. The van der Waals surface area contributed by atoms with Gasteiger partial charge in [-0.25, -0.2) is 29.0 Å². The lowest BCUT2D eigenvalue weighted by atomic mass is 9.86. The number of rotatable bonds is 17. The molecule has 2 aromatic heterocycles. The molecule has 4 N–H and O–H groups in total. The average molecular weight is 861 g/mol. The molecule has 4 atom stereocenters. The number of esters is 1. The van der Waals surface area contributed by atoms with Gasteiger partial charge in [0.15, 0.2) is 18.1 Å². The molecule has 0 radical (unpaired) electrons. The summed E-state index contributed by atoms with van der Waals surface area (Å²) in [6.07, 6.45) is -2.20. The first-order valence-electron chi connectivity index (χ1n) is 19.8. The molecular formula is C44H56N6O12. The third-order valence-corrected chi connectivity index (χ3v) is 9.57. The Bertz CT molecular complexity index is 2160. The second-order valence-electron chi connectivity index (χ2n) is 16.6. The van der Waals surface area contributed by atoms with Crippen LogP contribution in [-0.2, 0) is 48.1 Å². The first-order valence-corrected chi connectivity index (χ1v) is 19.8. The van der Waals surface area contributed by atoms with Crippen molar-refractivity contribution in [2.45, 2.75) is 92.3 Å². The normalized spacial score (nSPS) is 13.5. The van der Waals surface area contributed by atoms with Crippen LogP contribution in [0.3, 0.4) is 0 Å². The van der Waals surface area contributed by atoms with Crippen molar-refractivity contribution in [2.75, 3.05) is 20.8 Å². The third kappa shape index (κ3) is 14.5. The highest BCUT2D eigenvalue weighted by atomic mass is 16.6. The lowest BCUT2D eigenvalue weighted by Crippen LogP contribution is -2.60. The number of hydrogen-bond acceptors (Lipinski definition) is 14. The molecule has 0 saturated heterocycles. The van der Waals surface area contributed by atoms with Gasteiger partial charge in [0.25, 0.3) is 5.91 Å². The van der Waals surface area contributed by atoms with E-state index in [9.17, 15) is 28.8 Å². The number of nitrogens with one attached hydrogen (secondary N) is 4. The predicted octanol–water partition coefficient (Wildman–Crippen LogP) is 5.43. The van der Waals surface area contributed by atoms with E-state index in [-0.39, 0.29) is 31.0 Å². The van der Waals surface area contributed by atoms with E-state index in [2.05, 4.69) is 26.4 Å². The Morgan fingerprint density at radius 3 is 1.90 bits per heavy atom. The maximum atomic E-state index is 14.3. The highest BCUT2D eigenvalue weighted by Crippen LogP contribution is 2.24. The third-order valence-electron chi connectivity index (χ3n) is 9.57. The van der Waals surface area contributed by atoms with Crippen LogP contribution in [-0.4, -0.2) is 85.1 Å². The largest absolute Gasteiger partial charge is 0.519 e. The Morgan fingerprint density at radius 1 is 0.742 bits per heavy atom. The van der Waals surface area contributed by atoms with Crippen molar-refractivity contribution in [3.63, 3.8) is 0 Å². The molecule has 18 heteroatoms. The number of alkyl carbamates (subject to hydrolysis) is 3. The Labute approximate surface area is 360 Å². The molecule has 0 saturated carbocycles. The second-order valence-corrected chi connectivity index (χ2v) is 16.6. The molecule has 4 amide bonds. The van der Waals surface area contributed by atoms with Crippen LogP contribution >= 0.6 is 0 Å². The number of nitrogens with zero attached hydrogens (tertiary/aromatic N) is 2. The van der Waals surface area contributed by atoms with Crippen molar-refractivity contribution in [1.29, 1.82) is 0 Å². The van der Waals surface area contributed by atoms with E-state index in [1.807, 2.05) is 60.7 Å². The summed E-state index contributed by atoms with van der Waals surface area (Å²) in [5.41, 5.74) is 4.24. The number of amides is 4. The van der Waals surface area contributed by atoms with E-state index in [0.29, 0.717) is 5.56 Å². The highest BCUT2D eigenvalue weighted by Gasteiger charge is 2.40. The number of methoxy groups -OCH3 is 2. The summed E-state index contributed by atoms with van der Waals surface area (Å²) in [4.78, 5) is 83.2. The number of hydrazine groups is 1. The van der Waals surface area contributed by atoms with Gasteiger partial charge in [-0.05, 0) is 47.4 Å². The van der Waals surface area contributed by atoms with Crippen LogP contribution in [0.15, 0.2) is 92.6 Å². The summed E-state index contributed by atoms with van der Waals surface area (Å²) in [6.45, 7) is 11.2. The number of carbonyl (C=O) groups is 5.